The van der Waals surface area contributed by atoms with Crippen molar-refractivity contribution in [3.8, 4) is 11.3 Å². The van der Waals surface area contributed by atoms with E-state index in [1.165, 1.54) is 10.1 Å². The zero-order valence-corrected chi connectivity index (χ0v) is 10.8. The number of carbonyl (C=O) groups is 1. The first kappa shape index (κ1) is 12.3. The van der Waals surface area contributed by atoms with Crippen LogP contribution in [0.1, 0.15) is 11.4 Å². The van der Waals surface area contributed by atoms with Gasteiger partial charge in [0.15, 0.2) is 11.5 Å². The van der Waals surface area contributed by atoms with Crippen molar-refractivity contribution in [3.63, 3.8) is 0 Å². The lowest BCUT2D eigenvalue weighted by Gasteiger charge is -2.03. The number of carboxylic acids is 1. The summed E-state index contributed by atoms with van der Waals surface area (Å²) >= 11 is 0. The van der Waals surface area contributed by atoms with E-state index in [1.54, 1.807) is 6.07 Å². The SMILES string of the molecule is Cc1ccc(-c2ccc3nnc(CC(=O)O)n3n2)cc1. The van der Waals surface area contributed by atoms with Gasteiger partial charge in [0.25, 0.3) is 0 Å². The van der Waals surface area contributed by atoms with Crippen molar-refractivity contribution in [1.29, 1.82) is 0 Å². The Morgan fingerprint density at radius 1 is 1.15 bits per heavy atom. The topological polar surface area (TPSA) is 80.4 Å². The lowest BCUT2D eigenvalue weighted by atomic mass is 10.1. The number of hydrogen-bond acceptors (Lipinski definition) is 4. The van der Waals surface area contributed by atoms with E-state index in [-0.39, 0.29) is 6.42 Å². The molecule has 0 bridgehead atoms. The van der Waals surface area contributed by atoms with Gasteiger partial charge >= 0.3 is 5.97 Å². The Balaban J connectivity index is 2.09. The highest BCUT2D eigenvalue weighted by atomic mass is 16.4. The van der Waals surface area contributed by atoms with Crippen LogP contribution in [0, 0.1) is 6.92 Å². The molecule has 20 heavy (non-hydrogen) atoms. The second-order valence-corrected chi connectivity index (χ2v) is 4.54. The van der Waals surface area contributed by atoms with Gasteiger partial charge in [-0.1, -0.05) is 29.8 Å². The lowest BCUT2D eigenvalue weighted by Crippen LogP contribution is -2.07. The molecule has 6 nitrogen and oxygen atoms in total. The van der Waals surface area contributed by atoms with Gasteiger partial charge in [0.1, 0.15) is 6.42 Å². The first-order chi connectivity index (χ1) is 9.63. The number of rotatable bonds is 3. The first-order valence-corrected chi connectivity index (χ1v) is 6.13. The molecule has 0 fully saturated rings. The van der Waals surface area contributed by atoms with Crippen molar-refractivity contribution < 1.29 is 9.90 Å². The van der Waals surface area contributed by atoms with Crippen LogP contribution in [0.3, 0.4) is 0 Å². The summed E-state index contributed by atoms with van der Waals surface area (Å²) in [6, 6.07) is 11.6. The Morgan fingerprint density at radius 3 is 2.60 bits per heavy atom. The smallest absolute Gasteiger partial charge is 0.311 e. The number of fused-ring (bicyclic) bond motifs is 1. The Morgan fingerprint density at radius 2 is 1.90 bits per heavy atom. The molecule has 0 saturated carbocycles. The summed E-state index contributed by atoms with van der Waals surface area (Å²) in [6.07, 6.45) is -0.203. The van der Waals surface area contributed by atoms with Gasteiger partial charge in [-0.25, -0.2) is 0 Å². The minimum absolute atomic E-state index is 0.203. The molecule has 0 saturated heterocycles. The molecule has 1 N–H and O–H groups in total. The predicted octanol–water partition coefficient (Wildman–Crippen LogP) is 1.73. The molecule has 2 aromatic heterocycles. The van der Waals surface area contributed by atoms with Crippen molar-refractivity contribution in [2.75, 3.05) is 0 Å². The van der Waals surface area contributed by atoms with E-state index in [9.17, 15) is 4.79 Å². The van der Waals surface area contributed by atoms with Crippen LogP contribution >= 0.6 is 0 Å². The van der Waals surface area contributed by atoms with E-state index >= 15 is 0 Å². The minimum atomic E-state index is -0.957. The molecule has 1 aromatic carbocycles. The molecule has 0 atom stereocenters. The third-order valence-electron chi connectivity index (χ3n) is 2.98. The average Bonchev–Trinajstić information content (AvgIpc) is 2.81. The van der Waals surface area contributed by atoms with Gasteiger partial charge in [0.2, 0.25) is 0 Å². The number of benzene rings is 1. The molecule has 6 heteroatoms. The van der Waals surface area contributed by atoms with Crippen LogP contribution in [0.4, 0.5) is 0 Å². The average molecular weight is 268 g/mol. The summed E-state index contributed by atoms with van der Waals surface area (Å²) in [5, 5.41) is 21.0. The fourth-order valence-corrected chi connectivity index (χ4v) is 1.96. The Labute approximate surface area is 114 Å². The van der Waals surface area contributed by atoms with Gasteiger partial charge in [0, 0.05) is 5.56 Å². The highest BCUT2D eigenvalue weighted by Crippen LogP contribution is 2.18. The molecule has 3 aromatic rings. The number of nitrogens with zero attached hydrogens (tertiary/aromatic N) is 4. The monoisotopic (exact) mass is 268 g/mol. The number of aliphatic carboxylic acids is 1. The largest absolute Gasteiger partial charge is 0.481 e. The zero-order valence-electron chi connectivity index (χ0n) is 10.8. The molecule has 0 radical (unpaired) electrons. The molecule has 0 aliphatic heterocycles. The predicted molar refractivity (Wildman–Crippen MR) is 72.3 cm³/mol. The highest BCUT2D eigenvalue weighted by Gasteiger charge is 2.11. The van der Waals surface area contributed by atoms with Crippen molar-refractivity contribution in [2.45, 2.75) is 13.3 Å². The summed E-state index contributed by atoms with van der Waals surface area (Å²) in [7, 11) is 0. The van der Waals surface area contributed by atoms with Crippen molar-refractivity contribution in [2.24, 2.45) is 0 Å². The molecule has 3 rings (SSSR count). The van der Waals surface area contributed by atoms with Gasteiger partial charge in [-0.2, -0.15) is 9.61 Å². The standard InChI is InChI=1S/C14H12N4O2/c1-9-2-4-10(5-3-9)11-6-7-12-15-16-13(8-14(19)20)18(12)17-11/h2-7H,8H2,1H3,(H,19,20). The molecule has 0 aliphatic carbocycles. The maximum atomic E-state index is 10.8. The number of carboxylic acid groups (broad SMARTS) is 1. The summed E-state index contributed by atoms with van der Waals surface area (Å²) in [5.74, 6) is -0.636. The molecule has 100 valence electrons. The van der Waals surface area contributed by atoms with Crippen molar-refractivity contribution in [1.82, 2.24) is 19.8 Å². The van der Waals surface area contributed by atoms with Crippen LogP contribution in [-0.4, -0.2) is 30.9 Å². The summed E-state index contributed by atoms with van der Waals surface area (Å²) in [6.45, 7) is 2.02. The summed E-state index contributed by atoms with van der Waals surface area (Å²) in [4.78, 5) is 10.8. The van der Waals surface area contributed by atoms with Crippen molar-refractivity contribution in [3.05, 3.63) is 47.8 Å². The Hall–Kier alpha value is -2.76. The Kier molecular flexibility index (Phi) is 2.90. The second kappa shape index (κ2) is 4.73. The fraction of sp³-hybridized carbons (Fsp3) is 0.143. The van der Waals surface area contributed by atoms with E-state index in [0.29, 0.717) is 11.5 Å². The first-order valence-electron chi connectivity index (χ1n) is 6.13. The zero-order chi connectivity index (χ0) is 14.1. The van der Waals surface area contributed by atoms with E-state index in [1.807, 2.05) is 37.3 Å². The lowest BCUT2D eigenvalue weighted by molar-refractivity contribution is -0.136. The molecule has 0 aliphatic rings. The quantitative estimate of drug-likeness (QED) is 0.782. The number of aromatic nitrogens is 4. The third kappa shape index (κ3) is 2.23. The fourth-order valence-electron chi connectivity index (χ4n) is 1.96. The maximum absolute atomic E-state index is 10.8. The van der Waals surface area contributed by atoms with Gasteiger partial charge in [-0.15, -0.1) is 10.2 Å². The van der Waals surface area contributed by atoms with Gasteiger partial charge in [-0.05, 0) is 19.1 Å². The van der Waals surface area contributed by atoms with Crippen LogP contribution in [0.2, 0.25) is 0 Å². The van der Waals surface area contributed by atoms with Crippen molar-refractivity contribution >= 4 is 11.6 Å². The molecule has 0 amide bonds. The normalized spacial score (nSPS) is 10.8. The molecule has 2 heterocycles. The third-order valence-corrected chi connectivity index (χ3v) is 2.98. The molecular weight excluding hydrogens is 256 g/mol. The minimum Gasteiger partial charge on any atom is -0.481 e. The Bertz CT molecular complexity index is 777. The van der Waals surface area contributed by atoms with Crippen LogP contribution in [-0.2, 0) is 11.2 Å². The number of aryl methyl sites for hydroxylation is 1. The highest BCUT2D eigenvalue weighted by molar-refractivity contribution is 5.69. The van der Waals surface area contributed by atoms with Crippen LogP contribution in [0.5, 0.6) is 0 Å². The molecular formula is C14H12N4O2. The van der Waals surface area contributed by atoms with Gasteiger partial charge in [0.05, 0.1) is 5.69 Å². The molecule has 0 spiro atoms. The number of hydrogen-bond donors (Lipinski definition) is 1. The summed E-state index contributed by atoms with van der Waals surface area (Å²) in [5.41, 5.74) is 3.43. The van der Waals surface area contributed by atoms with E-state index in [4.69, 9.17) is 5.11 Å². The van der Waals surface area contributed by atoms with E-state index in [0.717, 1.165) is 11.3 Å². The second-order valence-electron chi connectivity index (χ2n) is 4.54. The summed E-state index contributed by atoms with van der Waals surface area (Å²) < 4.78 is 1.48. The van der Waals surface area contributed by atoms with E-state index < -0.39 is 5.97 Å². The van der Waals surface area contributed by atoms with Crippen LogP contribution in [0.15, 0.2) is 36.4 Å². The van der Waals surface area contributed by atoms with Gasteiger partial charge in [-0.3, -0.25) is 4.79 Å². The van der Waals surface area contributed by atoms with E-state index in [2.05, 4.69) is 15.3 Å². The molecule has 0 unspecified atom stereocenters. The van der Waals surface area contributed by atoms with Gasteiger partial charge < -0.3 is 5.11 Å². The van der Waals surface area contributed by atoms with Crippen LogP contribution < -0.4 is 0 Å². The van der Waals surface area contributed by atoms with Crippen LogP contribution in [0.25, 0.3) is 16.9 Å². The maximum Gasteiger partial charge on any atom is 0.311 e.